The molecule has 1 N–H and O–H groups in total. The molecule has 0 bridgehead atoms. The van der Waals surface area contributed by atoms with Crippen LogP contribution in [0.5, 0.6) is 11.5 Å². The number of carboxylic acids is 1. The average molecular weight is 494 g/mol. The van der Waals surface area contributed by atoms with E-state index in [9.17, 15) is 14.9 Å². The normalized spacial score (nSPS) is 10.4. The standard InChI is InChI=1S/C26H24ClN3O5/c1-16-11-17(14-28)20(15-29-16)18-12-19(24(13-21(18)27)35-10-6-9-25(31)32)26(33)30(2)22-7-4-5-8-23(22)34-3/h4-5,7-8,11-13,15H,6,9-10H2,1-3H3,(H,31,32). The van der Waals surface area contributed by atoms with Gasteiger partial charge in [0.1, 0.15) is 11.5 Å². The molecule has 0 saturated heterocycles. The zero-order valence-electron chi connectivity index (χ0n) is 19.5. The van der Waals surface area contributed by atoms with Crippen LogP contribution in [-0.4, -0.2) is 42.7 Å². The van der Waals surface area contributed by atoms with Crippen molar-refractivity contribution in [3.63, 3.8) is 0 Å². The van der Waals surface area contributed by atoms with E-state index >= 15 is 0 Å². The first kappa shape index (κ1) is 25.5. The van der Waals surface area contributed by atoms with E-state index < -0.39 is 11.9 Å². The number of rotatable bonds is 9. The molecule has 3 rings (SSSR count). The number of para-hydroxylation sites is 2. The Morgan fingerprint density at radius 3 is 2.60 bits per heavy atom. The molecule has 0 unspecified atom stereocenters. The quantitative estimate of drug-likeness (QED) is 0.412. The number of aliphatic carboxylic acids is 1. The Morgan fingerprint density at radius 1 is 1.17 bits per heavy atom. The molecule has 0 atom stereocenters. The monoisotopic (exact) mass is 493 g/mol. The van der Waals surface area contributed by atoms with Gasteiger partial charge in [-0.15, -0.1) is 0 Å². The summed E-state index contributed by atoms with van der Waals surface area (Å²) in [6, 6.07) is 13.9. The molecule has 1 heterocycles. The van der Waals surface area contributed by atoms with Crippen LogP contribution in [0.1, 0.15) is 34.5 Å². The van der Waals surface area contributed by atoms with E-state index in [0.717, 1.165) is 0 Å². The topological polar surface area (TPSA) is 113 Å². The Hall–Kier alpha value is -4.09. The number of carbonyl (C=O) groups excluding carboxylic acids is 1. The first-order valence-electron chi connectivity index (χ1n) is 10.7. The highest BCUT2D eigenvalue weighted by atomic mass is 35.5. The van der Waals surface area contributed by atoms with Gasteiger partial charge in [0.2, 0.25) is 0 Å². The number of carbonyl (C=O) groups is 2. The highest BCUT2D eigenvalue weighted by molar-refractivity contribution is 6.34. The third kappa shape index (κ3) is 5.89. The van der Waals surface area contributed by atoms with Gasteiger partial charge in [-0.3, -0.25) is 14.6 Å². The number of nitriles is 1. The predicted molar refractivity (Wildman–Crippen MR) is 132 cm³/mol. The average Bonchev–Trinajstić information content (AvgIpc) is 2.85. The van der Waals surface area contributed by atoms with Gasteiger partial charge in [0, 0.05) is 42.6 Å². The number of nitrogens with zero attached hydrogens (tertiary/aromatic N) is 3. The molecule has 2 aromatic carbocycles. The van der Waals surface area contributed by atoms with Crippen LogP contribution in [-0.2, 0) is 4.79 Å². The number of ether oxygens (including phenoxy) is 2. The highest BCUT2D eigenvalue weighted by Crippen LogP contribution is 2.37. The second kappa shape index (κ2) is 11.4. The van der Waals surface area contributed by atoms with E-state index in [4.69, 9.17) is 26.2 Å². The molecule has 9 heteroatoms. The van der Waals surface area contributed by atoms with E-state index in [0.29, 0.717) is 33.8 Å². The molecule has 1 aromatic heterocycles. The summed E-state index contributed by atoms with van der Waals surface area (Å²) in [6.07, 6.45) is 1.72. The summed E-state index contributed by atoms with van der Waals surface area (Å²) >= 11 is 6.56. The lowest BCUT2D eigenvalue weighted by atomic mass is 9.98. The molecule has 35 heavy (non-hydrogen) atoms. The molecule has 0 radical (unpaired) electrons. The number of methoxy groups -OCH3 is 1. The van der Waals surface area contributed by atoms with E-state index in [1.807, 2.05) is 0 Å². The van der Waals surface area contributed by atoms with E-state index in [1.165, 1.54) is 18.1 Å². The maximum Gasteiger partial charge on any atom is 0.303 e. The van der Waals surface area contributed by atoms with Crippen molar-refractivity contribution in [1.29, 1.82) is 5.26 Å². The molecule has 1 amide bonds. The fraction of sp³-hybridized carbons (Fsp3) is 0.231. The van der Waals surface area contributed by atoms with Crippen LogP contribution in [0.15, 0.2) is 48.7 Å². The Bertz CT molecular complexity index is 1300. The lowest BCUT2D eigenvalue weighted by Gasteiger charge is -2.22. The molecular weight excluding hydrogens is 470 g/mol. The minimum atomic E-state index is -0.940. The van der Waals surface area contributed by atoms with Gasteiger partial charge in [0.15, 0.2) is 0 Å². The molecule has 8 nitrogen and oxygen atoms in total. The molecular formula is C26H24ClN3O5. The maximum atomic E-state index is 13.7. The third-order valence-corrected chi connectivity index (χ3v) is 5.61. The zero-order valence-corrected chi connectivity index (χ0v) is 20.3. The Balaban J connectivity index is 2.10. The molecule has 0 aliphatic rings. The van der Waals surface area contributed by atoms with Crippen molar-refractivity contribution in [3.8, 4) is 28.7 Å². The van der Waals surface area contributed by atoms with Gasteiger partial charge in [-0.1, -0.05) is 23.7 Å². The van der Waals surface area contributed by atoms with Crippen molar-refractivity contribution < 1.29 is 24.2 Å². The number of hydrogen-bond donors (Lipinski definition) is 1. The molecule has 0 aliphatic heterocycles. The zero-order chi connectivity index (χ0) is 25.5. The van der Waals surface area contributed by atoms with Crippen LogP contribution < -0.4 is 14.4 Å². The summed E-state index contributed by atoms with van der Waals surface area (Å²) in [7, 11) is 3.12. The Kier molecular flexibility index (Phi) is 8.29. The van der Waals surface area contributed by atoms with Gasteiger partial charge >= 0.3 is 5.97 Å². The van der Waals surface area contributed by atoms with E-state index in [-0.39, 0.29) is 35.8 Å². The molecule has 0 spiro atoms. The lowest BCUT2D eigenvalue weighted by Crippen LogP contribution is -2.27. The van der Waals surface area contributed by atoms with Crippen molar-refractivity contribution in [2.45, 2.75) is 19.8 Å². The van der Waals surface area contributed by atoms with Crippen molar-refractivity contribution in [2.75, 3.05) is 25.7 Å². The van der Waals surface area contributed by atoms with E-state index in [1.54, 1.807) is 56.6 Å². The van der Waals surface area contributed by atoms with Crippen molar-refractivity contribution in [2.24, 2.45) is 0 Å². The van der Waals surface area contributed by atoms with Crippen molar-refractivity contribution in [1.82, 2.24) is 4.98 Å². The number of halogens is 1. The number of benzene rings is 2. The fourth-order valence-corrected chi connectivity index (χ4v) is 3.77. The van der Waals surface area contributed by atoms with Gasteiger partial charge in [-0.05, 0) is 37.6 Å². The van der Waals surface area contributed by atoms with Crippen LogP contribution in [0.3, 0.4) is 0 Å². The summed E-state index contributed by atoms with van der Waals surface area (Å²) in [4.78, 5) is 30.2. The summed E-state index contributed by atoms with van der Waals surface area (Å²) in [5, 5.41) is 18.8. The lowest BCUT2D eigenvalue weighted by molar-refractivity contribution is -0.137. The number of pyridine rings is 1. The molecule has 0 saturated carbocycles. The van der Waals surface area contributed by atoms with Crippen LogP contribution in [0.2, 0.25) is 5.02 Å². The first-order chi connectivity index (χ1) is 16.8. The number of carboxylic acid groups (broad SMARTS) is 1. The van der Waals surface area contributed by atoms with Crippen LogP contribution >= 0.6 is 11.6 Å². The maximum absolute atomic E-state index is 13.7. The van der Waals surface area contributed by atoms with Gasteiger partial charge in [0.05, 0.1) is 41.6 Å². The number of hydrogen-bond acceptors (Lipinski definition) is 6. The second-order valence-corrected chi connectivity index (χ2v) is 8.10. The fourth-order valence-electron chi connectivity index (χ4n) is 3.52. The second-order valence-electron chi connectivity index (χ2n) is 7.69. The molecule has 0 fully saturated rings. The Morgan fingerprint density at radius 2 is 1.91 bits per heavy atom. The summed E-state index contributed by atoms with van der Waals surface area (Å²) in [6.45, 7) is 1.85. The van der Waals surface area contributed by atoms with Gasteiger partial charge in [-0.25, -0.2) is 0 Å². The smallest absolute Gasteiger partial charge is 0.303 e. The van der Waals surface area contributed by atoms with Crippen LogP contribution in [0, 0.1) is 18.3 Å². The number of anilines is 1. The Labute approximate surface area is 208 Å². The summed E-state index contributed by atoms with van der Waals surface area (Å²) < 4.78 is 11.2. The summed E-state index contributed by atoms with van der Waals surface area (Å²) in [5.41, 5.74) is 2.71. The van der Waals surface area contributed by atoms with Crippen molar-refractivity contribution >= 4 is 29.2 Å². The minimum Gasteiger partial charge on any atom is -0.495 e. The minimum absolute atomic E-state index is 0.0726. The molecule has 3 aromatic rings. The number of amides is 1. The van der Waals surface area contributed by atoms with Gasteiger partial charge < -0.3 is 19.5 Å². The van der Waals surface area contributed by atoms with E-state index in [2.05, 4.69) is 11.1 Å². The SMILES string of the molecule is COc1ccccc1N(C)C(=O)c1cc(-c2cnc(C)cc2C#N)c(Cl)cc1OCCCC(=O)O. The van der Waals surface area contributed by atoms with Crippen LogP contribution in [0.25, 0.3) is 11.1 Å². The van der Waals surface area contributed by atoms with Crippen LogP contribution in [0.4, 0.5) is 5.69 Å². The predicted octanol–water partition coefficient (Wildman–Crippen LogP) is 5.11. The molecule has 180 valence electrons. The van der Waals surface area contributed by atoms with Gasteiger partial charge in [-0.2, -0.15) is 5.26 Å². The highest BCUT2D eigenvalue weighted by Gasteiger charge is 2.24. The summed E-state index contributed by atoms with van der Waals surface area (Å²) in [5.74, 6) is -0.630. The number of aromatic nitrogens is 1. The third-order valence-electron chi connectivity index (χ3n) is 5.29. The largest absolute Gasteiger partial charge is 0.495 e. The van der Waals surface area contributed by atoms with Gasteiger partial charge in [0.25, 0.3) is 5.91 Å². The van der Waals surface area contributed by atoms with Crippen molar-refractivity contribution in [3.05, 3.63) is 70.5 Å². The first-order valence-corrected chi connectivity index (χ1v) is 11.1. The molecule has 0 aliphatic carbocycles. The number of aryl methyl sites for hydroxylation is 1.